The molecule has 162 valence electrons. The fraction of sp³-hybridized carbons (Fsp3) is 0.474. The van der Waals surface area contributed by atoms with Gasteiger partial charge in [-0.3, -0.25) is 0 Å². The summed E-state index contributed by atoms with van der Waals surface area (Å²) in [6.07, 6.45) is 1.73. The molecule has 1 heterocycles. The van der Waals surface area contributed by atoms with Crippen molar-refractivity contribution in [1.29, 1.82) is 0 Å². The summed E-state index contributed by atoms with van der Waals surface area (Å²) in [5, 5.41) is 6.21. The average Bonchev–Trinajstić information content (AvgIpc) is 3.13. The molecule has 0 aliphatic rings. The number of sulfonamides is 1. The highest BCUT2D eigenvalue weighted by molar-refractivity contribution is 14.0. The minimum Gasteiger partial charge on any atom is -0.443 e. The Balaban J connectivity index is 0.00000420. The summed E-state index contributed by atoms with van der Waals surface area (Å²) in [6.45, 7) is 9.72. The first-order valence-corrected chi connectivity index (χ1v) is 10.7. The highest BCUT2D eigenvalue weighted by Gasteiger charge is 2.19. The van der Waals surface area contributed by atoms with E-state index in [4.69, 9.17) is 4.42 Å². The lowest BCUT2D eigenvalue weighted by molar-refractivity contribution is 0.383. The number of aliphatic imine (C=N–C) groups is 1. The molecule has 3 N–H and O–H groups in total. The minimum absolute atomic E-state index is 0. The van der Waals surface area contributed by atoms with E-state index in [1.807, 2.05) is 6.92 Å². The van der Waals surface area contributed by atoms with E-state index >= 15 is 0 Å². The van der Waals surface area contributed by atoms with Crippen LogP contribution in [0.15, 0.2) is 50.8 Å². The van der Waals surface area contributed by atoms with Crippen molar-refractivity contribution in [3.63, 3.8) is 0 Å². The molecule has 0 spiro atoms. The van der Waals surface area contributed by atoms with Gasteiger partial charge in [0.15, 0.2) is 5.96 Å². The van der Waals surface area contributed by atoms with Gasteiger partial charge < -0.3 is 15.1 Å². The summed E-state index contributed by atoms with van der Waals surface area (Å²) in [5.41, 5.74) is -0.104. The van der Waals surface area contributed by atoms with Crippen LogP contribution in [0.25, 0.3) is 0 Å². The van der Waals surface area contributed by atoms with Crippen LogP contribution in [0, 0.1) is 0 Å². The van der Waals surface area contributed by atoms with Gasteiger partial charge in [0.1, 0.15) is 12.3 Å². The molecule has 10 heteroatoms. The second-order valence-corrected chi connectivity index (χ2v) is 8.97. The molecular formula is C19H30IN5O3S. The number of nitrogens with one attached hydrogen (secondary N) is 3. The molecule has 29 heavy (non-hydrogen) atoms. The number of hydrogen-bond acceptors (Lipinski definition) is 5. The van der Waals surface area contributed by atoms with E-state index in [-0.39, 0.29) is 40.8 Å². The molecule has 0 saturated carbocycles. The average molecular weight is 535 g/mol. The summed E-state index contributed by atoms with van der Waals surface area (Å²) in [6, 6.07) is 8.28. The van der Waals surface area contributed by atoms with Crippen LogP contribution in [0.4, 0.5) is 0 Å². The van der Waals surface area contributed by atoms with Crippen molar-refractivity contribution >= 4 is 40.0 Å². The van der Waals surface area contributed by atoms with Gasteiger partial charge in [-0.2, -0.15) is 0 Å². The molecule has 0 bridgehead atoms. The van der Waals surface area contributed by atoms with E-state index in [0.29, 0.717) is 31.5 Å². The van der Waals surface area contributed by atoms with Crippen molar-refractivity contribution in [2.24, 2.45) is 4.99 Å². The van der Waals surface area contributed by atoms with Gasteiger partial charge in [-0.25, -0.2) is 23.1 Å². The van der Waals surface area contributed by atoms with Crippen LogP contribution in [0.2, 0.25) is 0 Å². The molecule has 1 aromatic heterocycles. The SMILES string of the molecule is CCNC(=NCc1ncc(C(C)(C)C)o1)NCCNS(=O)(=O)c1ccccc1.I. The molecular weight excluding hydrogens is 505 g/mol. The van der Waals surface area contributed by atoms with Crippen molar-refractivity contribution in [1.82, 2.24) is 20.3 Å². The Morgan fingerprint density at radius 1 is 1.14 bits per heavy atom. The van der Waals surface area contributed by atoms with Crippen LogP contribution in [0.1, 0.15) is 39.3 Å². The number of halogens is 1. The third kappa shape index (κ3) is 8.31. The van der Waals surface area contributed by atoms with Crippen LogP contribution in [-0.2, 0) is 22.0 Å². The van der Waals surface area contributed by atoms with E-state index < -0.39 is 10.0 Å². The first-order valence-electron chi connectivity index (χ1n) is 9.24. The Morgan fingerprint density at radius 3 is 2.41 bits per heavy atom. The van der Waals surface area contributed by atoms with E-state index in [1.54, 1.807) is 36.5 Å². The molecule has 0 aliphatic carbocycles. The highest BCUT2D eigenvalue weighted by Crippen LogP contribution is 2.22. The number of nitrogens with zero attached hydrogens (tertiary/aromatic N) is 2. The second-order valence-electron chi connectivity index (χ2n) is 7.20. The van der Waals surface area contributed by atoms with Gasteiger partial charge in [0, 0.05) is 25.0 Å². The van der Waals surface area contributed by atoms with Crippen molar-refractivity contribution in [2.45, 2.75) is 44.6 Å². The Morgan fingerprint density at radius 2 is 1.83 bits per heavy atom. The topological polar surface area (TPSA) is 109 Å². The maximum atomic E-state index is 12.2. The summed E-state index contributed by atoms with van der Waals surface area (Å²) in [7, 11) is -3.51. The van der Waals surface area contributed by atoms with Gasteiger partial charge in [0.25, 0.3) is 0 Å². The summed E-state index contributed by atoms with van der Waals surface area (Å²) in [4.78, 5) is 8.93. The first kappa shape index (κ1) is 25.4. The Kier molecular flexibility index (Phi) is 10.1. The number of guanidine groups is 1. The van der Waals surface area contributed by atoms with E-state index in [0.717, 1.165) is 5.76 Å². The third-order valence-corrected chi connectivity index (χ3v) is 5.25. The van der Waals surface area contributed by atoms with E-state index in [1.165, 1.54) is 0 Å². The number of hydrogen-bond donors (Lipinski definition) is 3. The van der Waals surface area contributed by atoms with Crippen molar-refractivity contribution in [3.05, 3.63) is 48.2 Å². The summed E-state index contributed by atoms with van der Waals surface area (Å²) >= 11 is 0. The number of benzene rings is 1. The molecule has 2 aromatic rings. The zero-order chi connectivity index (χ0) is 20.6. The normalized spacial score (nSPS) is 12.3. The maximum Gasteiger partial charge on any atom is 0.240 e. The largest absolute Gasteiger partial charge is 0.443 e. The van der Waals surface area contributed by atoms with Crippen LogP contribution >= 0.6 is 24.0 Å². The monoisotopic (exact) mass is 535 g/mol. The van der Waals surface area contributed by atoms with Crippen molar-refractivity contribution in [3.8, 4) is 0 Å². The Labute approximate surface area is 190 Å². The molecule has 0 radical (unpaired) electrons. The van der Waals surface area contributed by atoms with Gasteiger partial charge in [0.2, 0.25) is 15.9 Å². The molecule has 0 fully saturated rings. The van der Waals surface area contributed by atoms with E-state index in [9.17, 15) is 8.42 Å². The van der Waals surface area contributed by atoms with Gasteiger partial charge in [-0.05, 0) is 19.1 Å². The Hall–Kier alpha value is -1.66. The molecule has 0 amide bonds. The zero-order valence-electron chi connectivity index (χ0n) is 17.2. The number of aromatic nitrogens is 1. The second kappa shape index (κ2) is 11.5. The number of rotatable bonds is 8. The van der Waals surface area contributed by atoms with Crippen molar-refractivity contribution in [2.75, 3.05) is 19.6 Å². The lowest BCUT2D eigenvalue weighted by Crippen LogP contribution is -2.41. The highest BCUT2D eigenvalue weighted by atomic mass is 127. The zero-order valence-corrected chi connectivity index (χ0v) is 20.4. The van der Waals surface area contributed by atoms with Gasteiger partial charge in [0.05, 0.1) is 11.1 Å². The predicted octanol–water partition coefficient (Wildman–Crippen LogP) is 2.62. The van der Waals surface area contributed by atoms with Crippen LogP contribution in [0.5, 0.6) is 0 Å². The predicted molar refractivity (Wildman–Crippen MR) is 125 cm³/mol. The third-order valence-electron chi connectivity index (χ3n) is 3.77. The first-order chi connectivity index (χ1) is 13.2. The molecule has 0 unspecified atom stereocenters. The fourth-order valence-corrected chi connectivity index (χ4v) is 3.32. The Bertz CT molecular complexity index is 877. The molecule has 8 nitrogen and oxygen atoms in total. The van der Waals surface area contributed by atoms with Crippen LogP contribution in [0.3, 0.4) is 0 Å². The lowest BCUT2D eigenvalue weighted by atomic mass is 9.94. The van der Waals surface area contributed by atoms with Gasteiger partial charge >= 0.3 is 0 Å². The standard InChI is InChI=1S/C19H29N5O3S.HI/c1-5-20-18(23-14-17-22-13-16(27-17)19(2,3)4)21-11-12-24-28(25,26)15-9-7-6-8-10-15;/h6-10,13,24H,5,11-12,14H2,1-4H3,(H2,20,21,23);1H. The minimum atomic E-state index is -3.51. The molecule has 2 rings (SSSR count). The van der Waals surface area contributed by atoms with Crippen LogP contribution < -0.4 is 15.4 Å². The quantitative estimate of drug-likeness (QED) is 0.208. The van der Waals surface area contributed by atoms with Gasteiger partial charge in [-0.15, -0.1) is 24.0 Å². The molecule has 0 atom stereocenters. The van der Waals surface area contributed by atoms with Gasteiger partial charge in [-0.1, -0.05) is 39.0 Å². The van der Waals surface area contributed by atoms with Crippen molar-refractivity contribution < 1.29 is 12.8 Å². The smallest absolute Gasteiger partial charge is 0.240 e. The van der Waals surface area contributed by atoms with Crippen LogP contribution in [-0.4, -0.2) is 39.0 Å². The lowest BCUT2D eigenvalue weighted by Gasteiger charge is -2.13. The number of oxazole rings is 1. The summed E-state index contributed by atoms with van der Waals surface area (Å²) < 4.78 is 32.7. The van der Waals surface area contributed by atoms with E-state index in [2.05, 4.69) is 46.1 Å². The molecule has 0 aliphatic heterocycles. The summed E-state index contributed by atoms with van der Waals surface area (Å²) in [5.74, 6) is 1.91. The molecule has 1 aromatic carbocycles. The molecule has 0 saturated heterocycles. The fourth-order valence-electron chi connectivity index (χ4n) is 2.27. The maximum absolute atomic E-state index is 12.2.